The van der Waals surface area contributed by atoms with Crippen molar-refractivity contribution in [1.29, 1.82) is 0 Å². The number of likely N-dealkylation sites (tertiary alicyclic amines) is 1. The highest BCUT2D eigenvalue weighted by Gasteiger charge is 2.72. The predicted molar refractivity (Wildman–Crippen MR) is 136 cm³/mol. The standard InChI is InChI=1S/C29H36N2O6/c1-19(2)30-15-10-14-29-24(23-22(37-29)13-8-3-4-9-16-36-28(23)35)26(33)31(25(29)27(30)34)21(18-32)17-20-11-6-5-7-12-20/h5-8,10-14,19,21-25,32H,3-4,9,15-18H2,1-2H3/b13-8-/t21-,22-,23+,24+,25?,29+/m1/s1. The highest BCUT2D eigenvalue weighted by molar-refractivity contribution is 5.99. The molecular weight excluding hydrogens is 472 g/mol. The first kappa shape index (κ1) is 25.7. The Labute approximate surface area is 217 Å². The monoisotopic (exact) mass is 508 g/mol. The Morgan fingerprint density at radius 1 is 1.08 bits per heavy atom. The highest BCUT2D eigenvalue weighted by Crippen LogP contribution is 2.53. The van der Waals surface area contributed by atoms with Gasteiger partial charge in [0.25, 0.3) is 0 Å². The van der Waals surface area contributed by atoms with Gasteiger partial charge in [-0.2, -0.15) is 0 Å². The van der Waals surface area contributed by atoms with E-state index in [9.17, 15) is 19.5 Å². The molecule has 2 saturated heterocycles. The van der Waals surface area contributed by atoms with Crippen LogP contribution in [-0.4, -0.2) is 82.3 Å². The quantitative estimate of drug-likeness (QED) is 0.484. The van der Waals surface area contributed by atoms with Crippen molar-refractivity contribution in [2.24, 2.45) is 11.8 Å². The number of ether oxygens (including phenoxy) is 2. The molecule has 5 rings (SSSR count). The Balaban J connectivity index is 1.62. The minimum atomic E-state index is -1.32. The molecule has 0 bridgehead atoms. The van der Waals surface area contributed by atoms with Gasteiger partial charge in [-0.05, 0) is 45.1 Å². The third kappa shape index (κ3) is 4.40. The molecule has 1 aromatic rings. The molecule has 0 aliphatic carbocycles. The van der Waals surface area contributed by atoms with Gasteiger partial charge < -0.3 is 24.4 Å². The maximum Gasteiger partial charge on any atom is 0.312 e. The van der Waals surface area contributed by atoms with Crippen molar-refractivity contribution >= 4 is 17.8 Å². The number of fused-ring (bicyclic) bond motifs is 2. The third-order valence-corrected chi connectivity index (χ3v) is 8.11. The lowest BCUT2D eigenvalue weighted by molar-refractivity contribution is -0.156. The van der Waals surface area contributed by atoms with E-state index in [1.807, 2.05) is 68.5 Å². The van der Waals surface area contributed by atoms with Crippen LogP contribution in [0.1, 0.15) is 38.7 Å². The summed E-state index contributed by atoms with van der Waals surface area (Å²) in [5, 5.41) is 10.5. The number of nitrogens with zero attached hydrogens (tertiary/aromatic N) is 2. The van der Waals surface area contributed by atoms with E-state index in [1.54, 1.807) is 4.90 Å². The molecule has 0 saturated carbocycles. The molecule has 1 N–H and O–H groups in total. The molecule has 198 valence electrons. The number of allylic oxidation sites excluding steroid dienone is 1. The van der Waals surface area contributed by atoms with Crippen LogP contribution in [0, 0.1) is 11.8 Å². The molecule has 4 aliphatic heterocycles. The van der Waals surface area contributed by atoms with E-state index in [2.05, 4.69) is 0 Å². The van der Waals surface area contributed by atoms with Gasteiger partial charge in [-0.15, -0.1) is 0 Å². The Morgan fingerprint density at radius 3 is 2.59 bits per heavy atom. The van der Waals surface area contributed by atoms with Crippen LogP contribution in [0.2, 0.25) is 0 Å². The van der Waals surface area contributed by atoms with Gasteiger partial charge in [0.2, 0.25) is 11.8 Å². The number of aliphatic hydroxyl groups is 1. The van der Waals surface area contributed by atoms with Crippen LogP contribution in [0.15, 0.2) is 54.6 Å². The Bertz CT molecular complexity index is 1090. The SMILES string of the molecule is CC(C)N1CC=C[C@]23O[C@@H]4/C=C\CCCCOC(=O)[C@@H]4[C@H]2C(=O)N([C@@H](CO)Cc2ccccc2)C3C1=O. The second-order valence-electron chi connectivity index (χ2n) is 10.7. The number of carbonyl (C=O) groups excluding carboxylic acids is 3. The zero-order chi connectivity index (χ0) is 26.2. The van der Waals surface area contributed by atoms with Crippen LogP contribution in [-0.2, 0) is 30.3 Å². The van der Waals surface area contributed by atoms with Crippen LogP contribution in [0.4, 0.5) is 0 Å². The van der Waals surface area contributed by atoms with Gasteiger partial charge in [0.05, 0.1) is 31.3 Å². The molecule has 0 aromatic heterocycles. The molecule has 4 heterocycles. The summed E-state index contributed by atoms with van der Waals surface area (Å²) in [4.78, 5) is 45.1. The summed E-state index contributed by atoms with van der Waals surface area (Å²) in [7, 11) is 0. The first-order chi connectivity index (χ1) is 17.9. The lowest BCUT2D eigenvalue weighted by Gasteiger charge is -2.39. The smallest absolute Gasteiger partial charge is 0.312 e. The van der Waals surface area contributed by atoms with E-state index < -0.39 is 41.6 Å². The Hall–Kier alpha value is -2.97. The van der Waals surface area contributed by atoms with Crippen molar-refractivity contribution < 1.29 is 29.0 Å². The number of cyclic esters (lactones) is 1. The molecule has 8 nitrogen and oxygen atoms in total. The molecule has 1 unspecified atom stereocenters. The summed E-state index contributed by atoms with van der Waals surface area (Å²) < 4.78 is 12.2. The van der Waals surface area contributed by atoms with E-state index in [-0.39, 0.29) is 24.5 Å². The number of carbonyl (C=O) groups is 3. The number of aliphatic hydroxyl groups excluding tert-OH is 1. The Morgan fingerprint density at radius 2 is 1.86 bits per heavy atom. The normalized spacial score (nSPS) is 33.5. The average molecular weight is 509 g/mol. The molecule has 0 radical (unpaired) electrons. The number of benzene rings is 1. The average Bonchev–Trinajstić information content (AvgIpc) is 3.27. The van der Waals surface area contributed by atoms with Crippen molar-refractivity contribution in [2.75, 3.05) is 19.8 Å². The molecule has 2 fully saturated rings. The Kier molecular flexibility index (Phi) is 7.23. The van der Waals surface area contributed by atoms with Crippen molar-refractivity contribution in [1.82, 2.24) is 9.80 Å². The number of hydrogen-bond donors (Lipinski definition) is 1. The van der Waals surface area contributed by atoms with Gasteiger partial charge in [-0.3, -0.25) is 14.4 Å². The molecule has 4 aliphatic rings. The highest BCUT2D eigenvalue weighted by atomic mass is 16.6. The molecule has 6 atom stereocenters. The van der Waals surface area contributed by atoms with Gasteiger partial charge in [0, 0.05) is 12.6 Å². The van der Waals surface area contributed by atoms with Crippen LogP contribution >= 0.6 is 0 Å². The van der Waals surface area contributed by atoms with Gasteiger partial charge in [-0.25, -0.2) is 0 Å². The van der Waals surface area contributed by atoms with E-state index in [0.29, 0.717) is 19.6 Å². The summed E-state index contributed by atoms with van der Waals surface area (Å²) >= 11 is 0. The first-order valence-electron chi connectivity index (χ1n) is 13.3. The van der Waals surface area contributed by atoms with E-state index >= 15 is 0 Å². The lowest BCUT2D eigenvalue weighted by atomic mass is 9.78. The summed E-state index contributed by atoms with van der Waals surface area (Å²) in [5.41, 5.74) is -0.383. The summed E-state index contributed by atoms with van der Waals surface area (Å²) in [6.07, 6.45) is 9.72. The summed E-state index contributed by atoms with van der Waals surface area (Å²) in [6, 6.07) is 7.84. The molecule has 1 spiro atoms. The largest absolute Gasteiger partial charge is 0.465 e. The van der Waals surface area contributed by atoms with Crippen LogP contribution in [0.3, 0.4) is 0 Å². The van der Waals surface area contributed by atoms with Crippen LogP contribution in [0.25, 0.3) is 0 Å². The maximum absolute atomic E-state index is 14.3. The first-order valence-corrected chi connectivity index (χ1v) is 13.3. The fraction of sp³-hybridized carbons (Fsp3) is 0.552. The van der Waals surface area contributed by atoms with Crippen LogP contribution < -0.4 is 0 Å². The molecule has 1 aromatic carbocycles. The predicted octanol–water partition coefficient (Wildman–Crippen LogP) is 2.26. The zero-order valence-electron chi connectivity index (χ0n) is 21.5. The van der Waals surface area contributed by atoms with E-state index in [1.165, 1.54) is 4.90 Å². The fourth-order valence-electron chi connectivity index (χ4n) is 6.37. The third-order valence-electron chi connectivity index (χ3n) is 8.11. The van der Waals surface area contributed by atoms with Gasteiger partial charge >= 0.3 is 5.97 Å². The number of hydrogen-bond acceptors (Lipinski definition) is 6. The number of esters is 1. The van der Waals surface area contributed by atoms with Gasteiger partial charge in [0.1, 0.15) is 17.6 Å². The van der Waals surface area contributed by atoms with Crippen molar-refractivity contribution in [2.45, 2.75) is 69.4 Å². The summed E-state index contributed by atoms with van der Waals surface area (Å²) in [5.74, 6) is -2.84. The molecular formula is C29H36N2O6. The fourth-order valence-corrected chi connectivity index (χ4v) is 6.37. The van der Waals surface area contributed by atoms with E-state index in [0.717, 1.165) is 24.8 Å². The minimum Gasteiger partial charge on any atom is -0.465 e. The number of amides is 2. The maximum atomic E-state index is 14.3. The molecule has 2 amide bonds. The van der Waals surface area contributed by atoms with Crippen LogP contribution in [0.5, 0.6) is 0 Å². The summed E-state index contributed by atoms with van der Waals surface area (Å²) in [6.45, 7) is 4.22. The van der Waals surface area contributed by atoms with Gasteiger partial charge in [0.15, 0.2) is 0 Å². The van der Waals surface area contributed by atoms with E-state index in [4.69, 9.17) is 9.47 Å². The van der Waals surface area contributed by atoms with Gasteiger partial charge in [-0.1, -0.05) is 54.6 Å². The topological polar surface area (TPSA) is 96.4 Å². The second kappa shape index (κ2) is 10.4. The second-order valence-corrected chi connectivity index (χ2v) is 10.7. The molecule has 8 heteroatoms. The number of rotatable bonds is 5. The molecule has 37 heavy (non-hydrogen) atoms. The van der Waals surface area contributed by atoms with Crippen molar-refractivity contribution in [3.8, 4) is 0 Å². The van der Waals surface area contributed by atoms with Crippen molar-refractivity contribution in [3.05, 3.63) is 60.2 Å². The minimum absolute atomic E-state index is 0.100. The lowest BCUT2D eigenvalue weighted by Crippen LogP contribution is -2.59. The zero-order valence-corrected chi connectivity index (χ0v) is 21.5. The van der Waals surface area contributed by atoms with Crippen molar-refractivity contribution in [3.63, 3.8) is 0 Å².